The van der Waals surface area contributed by atoms with Gasteiger partial charge in [-0.1, -0.05) is 6.08 Å². The number of aromatic nitrogens is 4. The summed E-state index contributed by atoms with van der Waals surface area (Å²) in [6.07, 6.45) is 8.28. The zero-order chi connectivity index (χ0) is 15.3. The average Bonchev–Trinajstić information content (AvgIpc) is 3.09. The lowest BCUT2D eigenvalue weighted by Crippen LogP contribution is -2.01. The monoisotopic (exact) mass is 295 g/mol. The molecule has 0 unspecified atom stereocenters. The van der Waals surface area contributed by atoms with Gasteiger partial charge in [-0.25, -0.2) is 19.3 Å². The van der Waals surface area contributed by atoms with Crippen LogP contribution in [-0.4, -0.2) is 26.4 Å². The number of fused-ring (bicyclic) bond motifs is 2. The molecule has 3 aromatic heterocycles. The number of imidazole rings is 1. The molecular formula is C16H14FN5. The molecule has 0 saturated carbocycles. The molecule has 0 aromatic carbocycles. The standard InChI is InChI=1S/C16H14FN5/c1-9-7-22-8-10(5-13(17)15(22)20-9)11-3-4-14-12(11)6-19-16(18-2)21-14/h3,5-8H,4H2,1-2H3,(H,18,19,21). The van der Waals surface area contributed by atoms with Crippen molar-refractivity contribution in [1.82, 2.24) is 19.4 Å². The number of pyridine rings is 1. The maximum atomic E-state index is 14.3. The van der Waals surface area contributed by atoms with Crippen LogP contribution in [0.3, 0.4) is 0 Å². The highest BCUT2D eigenvalue weighted by atomic mass is 19.1. The Hall–Kier alpha value is -2.76. The summed E-state index contributed by atoms with van der Waals surface area (Å²) in [4.78, 5) is 12.9. The minimum atomic E-state index is -0.326. The first-order valence-corrected chi connectivity index (χ1v) is 7.05. The molecule has 1 N–H and O–H groups in total. The van der Waals surface area contributed by atoms with Crippen molar-refractivity contribution in [2.24, 2.45) is 0 Å². The van der Waals surface area contributed by atoms with E-state index in [0.717, 1.165) is 34.5 Å². The van der Waals surface area contributed by atoms with Crippen molar-refractivity contribution in [3.63, 3.8) is 0 Å². The molecule has 0 aliphatic heterocycles. The maximum absolute atomic E-state index is 14.3. The predicted octanol–water partition coefficient (Wildman–Crippen LogP) is 2.60. The van der Waals surface area contributed by atoms with Gasteiger partial charge in [-0.15, -0.1) is 0 Å². The van der Waals surface area contributed by atoms with E-state index in [1.54, 1.807) is 17.6 Å². The van der Waals surface area contributed by atoms with Crippen LogP contribution in [-0.2, 0) is 6.42 Å². The van der Waals surface area contributed by atoms with Crippen LogP contribution in [0.5, 0.6) is 0 Å². The molecule has 22 heavy (non-hydrogen) atoms. The predicted molar refractivity (Wildman–Crippen MR) is 82.2 cm³/mol. The van der Waals surface area contributed by atoms with Crippen molar-refractivity contribution >= 4 is 17.2 Å². The summed E-state index contributed by atoms with van der Waals surface area (Å²) >= 11 is 0. The number of aryl methyl sites for hydroxylation is 1. The van der Waals surface area contributed by atoms with E-state index in [0.29, 0.717) is 11.6 Å². The number of allylic oxidation sites excluding steroid dienone is 1. The highest BCUT2D eigenvalue weighted by Gasteiger charge is 2.19. The zero-order valence-electron chi connectivity index (χ0n) is 12.3. The molecule has 0 atom stereocenters. The van der Waals surface area contributed by atoms with Crippen molar-refractivity contribution < 1.29 is 4.39 Å². The minimum absolute atomic E-state index is 0.326. The van der Waals surface area contributed by atoms with E-state index < -0.39 is 0 Å². The first kappa shape index (κ1) is 12.9. The highest BCUT2D eigenvalue weighted by Crippen LogP contribution is 2.32. The zero-order valence-corrected chi connectivity index (χ0v) is 12.3. The second-order valence-corrected chi connectivity index (χ2v) is 5.32. The third kappa shape index (κ3) is 1.88. The molecular weight excluding hydrogens is 281 g/mol. The molecule has 3 aromatic rings. The number of hydrogen-bond acceptors (Lipinski definition) is 4. The smallest absolute Gasteiger partial charge is 0.222 e. The molecule has 0 bridgehead atoms. The molecule has 6 heteroatoms. The van der Waals surface area contributed by atoms with Crippen molar-refractivity contribution in [2.75, 3.05) is 12.4 Å². The van der Waals surface area contributed by atoms with E-state index in [9.17, 15) is 4.39 Å². The van der Waals surface area contributed by atoms with E-state index in [1.165, 1.54) is 6.07 Å². The summed E-state index contributed by atoms with van der Waals surface area (Å²) in [5.74, 6) is 0.271. The third-order valence-electron chi connectivity index (χ3n) is 3.82. The fourth-order valence-corrected chi connectivity index (χ4v) is 2.83. The summed E-state index contributed by atoms with van der Waals surface area (Å²) < 4.78 is 16.0. The number of halogens is 1. The molecule has 0 saturated heterocycles. The van der Waals surface area contributed by atoms with Gasteiger partial charge in [0.2, 0.25) is 5.95 Å². The van der Waals surface area contributed by atoms with E-state index >= 15 is 0 Å². The molecule has 3 heterocycles. The van der Waals surface area contributed by atoms with E-state index in [1.807, 2.05) is 19.3 Å². The lowest BCUT2D eigenvalue weighted by Gasteiger charge is -2.08. The van der Waals surface area contributed by atoms with Crippen molar-refractivity contribution in [2.45, 2.75) is 13.3 Å². The lowest BCUT2D eigenvalue weighted by molar-refractivity contribution is 0.629. The Balaban J connectivity index is 1.84. The van der Waals surface area contributed by atoms with Gasteiger partial charge < -0.3 is 9.72 Å². The summed E-state index contributed by atoms with van der Waals surface area (Å²) in [5, 5.41) is 2.93. The van der Waals surface area contributed by atoms with Gasteiger partial charge in [-0.3, -0.25) is 0 Å². The Morgan fingerprint density at radius 2 is 2.14 bits per heavy atom. The first-order valence-electron chi connectivity index (χ1n) is 7.05. The Labute approximate surface area is 126 Å². The molecule has 4 rings (SSSR count). The average molecular weight is 295 g/mol. The van der Waals surface area contributed by atoms with Gasteiger partial charge in [0.1, 0.15) is 0 Å². The third-order valence-corrected chi connectivity index (χ3v) is 3.82. The number of anilines is 1. The van der Waals surface area contributed by atoms with Gasteiger partial charge in [0.05, 0.1) is 11.4 Å². The van der Waals surface area contributed by atoms with Crippen molar-refractivity contribution in [3.8, 4) is 0 Å². The number of nitrogens with zero attached hydrogens (tertiary/aromatic N) is 4. The molecule has 0 radical (unpaired) electrons. The van der Waals surface area contributed by atoms with Gasteiger partial charge >= 0.3 is 0 Å². The number of hydrogen-bond donors (Lipinski definition) is 1. The first-order chi connectivity index (χ1) is 10.7. The molecule has 1 aliphatic rings. The van der Waals surface area contributed by atoms with Crippen molar-refractivity contribution in [1.29, 1.82) is 0 Å². The normalized spacial score (nSPS) is 13.3. The van der Waals surface area contributed by atoms with Crippen LogP contribution in [0, 0.1) is 12.7 Å². The van der Waals surface area contributed by atoms with E-state index in [2.05, 4.69) is 26.3 Å². The van der Waals surface area contributed by atoms with Crippen LogP contribution in [0.1, 0.15) is 22.5 Å². The Morgan fingerprint density at radius 1 is 1.27 bits per heavy atom. The molecule has 0 spiro atoms. The molecule has 0 fully saturated rings. The number of rotatable bonds is 2. The van der Waals surface area contributed by atoms with Crippen LogP contribution in [0.25, 0.3) is 11.2 Å². The Kier molecular flexibility index (Phi) is 2.72. The van der Waals surface area contributed by atoms with Gasteiger partial charge in [0.25, 0.3) is 0 Å². The Bertz CT molecular complexity index is 926. The highest BCUT2D eigenvalue weighted by molar-refractivity contribution is 5.84. The Morgan fingerprint density at radius 3 is 2.95 bits per heavy atom. The van der Waals surface area contributed by atoms with E-state index in [4.69, 9.17) is 0 Å². The van der Waals surface area contributed by atoms with Crippen LogP contribution in [0.4, 0.5) is 10.3 Å². The quantitative estimate of drug-likeness (QED) is 0.789. The molecule has 1 aliphatic carbocycles. The summed E-state index contributed by atoms with van der Waals surface area (Å²) in [7, 11) is 1.79. The lowest BCUT2D eigenvalue weighted by atomic mass is 10.0. The van der Waals surface area contributed by atoms with Gasteiger partial charge in [-0.05, 0) is 18.6 Å². The minimum Gasteiger partial charge on any atom is -0.357 e. The maximum Gasteiger partial charge on any atom is 0.222 e. The molecule has 0 amide bonds. The van der Waals surface area contributed by atoms with Crippen LogP contribution < -0.4 is 5.32 Å². The van der Waals surface area contributed by atoms with Gasteiger partial charge in [-0.2, -0.15) is 0 Å². The van der Waals surface area contributed by atoms with Gasteiger partial charge in [0, 0.05) is 43.2 Å². The molecule has 110 valence electrons. The van der Waals surface area contributed by atoms with Crippen LogP contribution >= 0.6 is 0 Å². The second kappa shape index (κ2) is 4.62. The van der Waals surface area contributed by atoms with Crippen LogP contribution in [0.15, 0.2) is 30.7 Å². The second-order valence-electron chi connectivity index (χ2n) is 5.32. The topological polar surface area (TPSA) is 55.1 Å². The van der Waals surface area contributed by atoms with E-state index in [-0.39, 0.29) is 5.82 Å². The van der Waals surface area contributed by atoms with Gasteiger partial charge in [0.15, 0.2) is 11.5 Å². The number of nitrogens with one attached hydrogen (secondary N) is 1. The molecule has 5 nitrogen and oxygen atoms in total. The summed E-state index contributed by atoms with van der Waals surface area (Å²) in [6.45, 7) is 1.85. The largest absolute Gasteiger partial charge is 0.357 e. The van der Waals surface area contributed by atoms with Crippen molar-refractivity contribution in [3.05, 3.63) is 59.1 Å². The summed E-state index contributed by atoms with van der Waals surface area (Å²) in [5.41, 5.74) is 4.82. The summed E-state index contributed by atoms with van der Waals surface area (Å²) in [6, 6.07) is 1.52. The fraction of sp³-hybridized carbons (Fsp3) is 0.188. The fourth-order valence-electron chi connectivity index (χ4n) is 2.83. The van der Waals surface area contributed by atoms with Crippen LogP contribution in [0.2, 0.25) is 0 Å². The SMILES string of the molecule is CNc1ncc2c(n1)CC=C2c1cc(F)c2nc(C)cn2c1.